The summed E-state index contributed by atoms with van der Waals surface area (Å²) in [5.74, 6) is 1.23. The number of fused-ring (bicyclic) bond motifs is 2. The van der Waals surface area contributed by atoms with E-state index < -0.39 is 0 Å². The van der Waals surface area contributed by atoms with E-state index in [4.69, 9.17) is 10.5 Å². The number of hydrogen-bond acceptors (Lipinski definition) is 6. The van der Waals surface area contributed by atoms with E-state index in [1.807, 2.05) is 48.3 Å². The van der Waals surface area contributed by atoms with E-state index in [0.29, 0.717) is 24.4 Å². The normalized spacial score (nSPS) is 12.9. The largest absolute Gasteiger partial charge is 0.497 e. The highest BCUT2D eigenvalue weighted by Gasteiger charge is 2.26. The van der Waals surface area contributed by atoms with Crippen molar-refractivity contribution < 1.29 is 9.53 Å². The lowest BCUT2D eigenvalue weighted by atomic mass is 10.0. The third-order valence-electron chi connectivity index (χ3n) is 5.69. The number of carbonyl (C=O) groups excluding carboxylic acids is 1. The molecule has 0 unspecified atom stereocenters. The standard InChI is InChI=1S/C23H22N6O2/c1-28-23-20(22(24)25-13-26-23)21(27-28)16-6-7-18-15(12-16)8-9-29(18)19(30)11-14-4-3-5-17(10-14)31-2/h3-7,10,12-13H,8-9,11H2,1-2H3,(H2,24,25,26). The van der Waals surface area contributed by atoms with E-state index in [-0.39, 0.29) is 5.91 Å². The van der Waals surface area contributed by atoms with E-state index in [9.17, 15) is 4.79 Å². The van der Waals surface area contributed by atoms with Crippen molar-refractivity contribution in [3.8, 4) is 17.0 Å². The van der Waals surface area contributed by atoms with Crippen molar-refractivity contribution in [3.63, 3.8) is 0 Å². The van der Waals surface area contributed by atoms with Crippen molar-refractivity contribution in [2.75, 3.05) is 24.3 Å². The molecule has 0 atom stereocenters. The molecule has 156 valence electrons. The molecule has 0 bridgehead atoms. The van der Waals surface area contributed by atoms with Gasteiger partial charge in [-0.05, 0) is 41.8 Å². The molecule has 0 aliphatic carbocycles. The van der Waals surface area contributed by atoms with Crippen LogP contribution < -0.4 is 15.4 Å². The molecule has 0 fully saturated rings. The topological polar surface area (TPSA) is 99.2 Å². The van der Waals surface area contributed by atoms with Gasteiger partial charge in [0.2, 0.25) is 5.91 Å². The average Bonchev–Trinajstić information content (AvgIpc) is 3.35. The van der Waals surface area contributed by atoms with Gasteiger partial charge in [-0.15, -0.1) is 0 Å². The monoisotopic (exact) mass is 414 g/mol. The molecule has 2 aromatic carbocycles. The number of aryl methyl sites for hydroxylation is 1. The second-order valence-electron chi connectivity index (χ2n) is 7.60. The average molecular weight is 414 g/mol. The van der Waals surface area contributed by atoms with Gasteiger partial charge in [-0.2, -0.15) is 5.10 Å². The van der Waals surface area contributed by atoms with Gasteiger partial charge >= 0.3 is 0 Å². The lowest BCUT2D eigenvalue weighted by Crippen LogP contribution is -2.30. The minimum atomic E-state index is 0.0701. The fourth-order valence-electron chi connectivity index (χ4n) is 4.17. The molecule has 1 amide bonds. The first-order chi connectivity index (χ1) is 15.0. The van der Waals surface area contributed by atoms with Crippen LogP contribution in [0.25, 0.3) is 22.3 Å². The Morgan fingerprint density at radius 3 is 2.90 bits per heavy atom. The number of methoxy groups -OCH3 is 1. The number of nitrogens with two attached hydrogens (primary N) is 1. The molecule has 3 heterocycles. The predicted octanol–water partition coefficient (Wildman–Crippen LogP) is 2.75. The van der Waals surface area contributed by atoms with E-state index in [1.54, 1.807) is 11.8 Å². The molecule has 0 radical (unpaired) electrons. The molecular formula is C23H22N6O2. The summed E-state index contributed by atoms with van der Waals surface area (Å²) in [6.07, 6.45) is 2.57. The Bertz CT molecular complexity index is 1310. The Morgan fingerprint density at radius 1 is 1.19 bits per heavy atom. The summed E-state index contributed by atoms with van der Waals surface area (Å²) in [7, 11) is 3.46. The Labute approximate surface area is 179 Å². The Balaban J connectivity index is 1.45. The number of rotatable bonds is 4. The molecule has 4 aromatic rings. The number of benzene rings is 2. The van der Waals surface area contributed by atoms with Gasteiger partial charge < -0.3 is 15.4 Å². The molecule has 0 saturated carbocycles. The first-order valence-electron chi connectivity index (χ1n) is 10.0. The number of nitrogen functional groups attached to an aromatic ring is 1. The van der Waals surface area contributed by atoms with E-state index in [0.717, 1.165) is 45.6 Å². The summed E-state index contributed by atoms with van der Waals surface area (Å²) in [6, 6.07) is 13.7. The van der Waals surface area contributed by atoms with Crippen LogP contribution in [0.15, 0.2) is 48.8 Å². The highest BCUT2D eigenvalue weighted by molar-refractivity contribution is 6.00. The van der Waals surface area contributed by atoms with E-state index >= 15 is 0 Å². The minimum Gasteiger partial charge on any atom is -0.497 e. The lowest BCUT2D eigenvalue weighted by Gasteiger charge is -2.18. The van der Waals surface area contributed by atoms with E-state index in [1.165, 1.54) is 6.33 Å². The maximum Gasteiger partial charge on any atom is 0.231 e. The van der Waals surface area contributed by atoms with Crippen molar-refractivity contribution >= 4 is 28.4 Å². The number of nitrogens with zero attached hydrogens (tertiary/aromatic N) is 5. The predicted molar refractivity (Wildman–Crippen MR) is 119 cm³/mol. The summed E-state index contributed by atoms with van der Waals surface area (Å²) in [5.41, 5.74) is 11.5. The van der Waals surface area contributed by atoms with Crippen LogP contribution in [0.2, 0.25) is 0 Å². The van der Waals surface area contributed by atoms with Gasteiger partial charge in [0.25, 0.3) is 0 Å². The molecule has 1 aliphatic rings. The van der Waals surface area contributed by atoms with E-state index in [2.05, 4.69) is 21.1 Å². The summed E-state index contributed by atoms with van der Waals surface area (Å²) in [5, 5.41) is 5.36. The third kappa shape index (κ3) is 3.26. The molecule has 1 aliphatic heterocycles. The molecule has 8 heteroatoms. The van der Waals surface area contributed by atoms with Gasteiger partial charge in [0.05, 0.1) is 18.9 Å². The second kappa shape index (κ2) is 7.39. The number of anilines is 2. The van der Waals surface area contributed by atoms with Crippen LogP contribution in [0.1, 0.15) is 11.1 Å². The minimum absolute atomic E-state index is 0.0701. The van der Waals surface area contributed by atoms with Gasteiger partial charge in [-0.25, -0.2) is 14.6 Å². The zero-order chi connectivity index (χ0) is 21.5. The van der Waals surface area contributed by atoms with Gasteiger partial charge in [0, 0.05) is 24.8 Å². The van der Waals surface area contributed by atoms with Crippen LogP contribution in [0.5, 0.6) is 5.75 Å². The molecule has 8 nitrogen and oxygen atoms in total. The lowest BCUT2D eigenvalue weighted by molar-refractivity contribution is -0.117. The summed E-state index contributed by atoms with van der Waals surface area (Å²) in [6.45, 7) is 0.663. The van der Waals surface area contributed by atoms with Crippen LogP contribution in [0, 0.1) is 0 Å². The number of carbonyl (C=O) groups is 1. The smallest absolute Gasteiger partial charge is 0.231 e. The zero-order valence-corrected chi connectivity index (χ0v) is 17.4. The fourth-order valence-corrected chi connectivity index (χ4v) is 4.17. The van der Waals surface area contributed by atoms with Crippen molar-refractivity contribution in [2.24, 2.45) is 7.05 Å². The highest BCUT2D eigenvalue weighted by atomic mass is 16.5. The zero-order valence-electron chi connectivity index (χ0n) is 17.4. The molecular weight excluding hydrogens is 392 g/mol. The van der Waals surface area contributed by atoms with Crippen LogP contribution in [0.3, 0.4) is 0 Å². The first-order valence-corrected chi connectivity index (χ1v) is 10.0. The van der Waals surface area contributed by atoms with Crippen molar-refractivity contribution in [2.45, 2.75) is 12.8 Å². The molecule has 5 rings (SSSR count). The van der Waals surface area contributed by atoms with Gasteiger partial charge in [0.15, 0.2) is 5.65 Å². The number of ether oxygens (including phenoxy) is 1. The summed E-state index contributed by atoms with van der Waals surface area (Å²) < 4.78 is 6.97. The summed E-state index contributed by atoms with van der Waals surface area (Å²) >= 11 is 0. The Kier molecular flexibility index (Phi) is 4.54. The number of amides is 1. The van der Waals surface area contributed by atoms with Crippen molar-refractivity contribution in [3.05, 3.63) is 59.9 Å². The third-order valence-corrected chi connectivity index (χ3v) is 5.69. The quantitative estimate of drug-likeness (QED) is 0.551. The van der Waals surface area contributed by atoms with Crippen molar-refractivity contribution in [1.82, 2.24) is 19.7 Å². The maximum atomic E-state index is 13.0. The van der Waals surface area contributed by atoms with Crippen LogP contribution in [-0.4, -0.2) is 39.3 Å². The molecule has 0 spiro atoms. The van der Waals surface area contributed by atoms with Crippen LogP contribution in [-0.2, 0) is 24.7 Å². The molecule has 0 saturated heterocycles. The van der Waals surface area contributed by atoms with Crippen molar-refractivity contribution in [1.29, 1.82) is 0 Å². The van der Waals surface area contributed by atoms with Gasteiger partial charge in [0.1, 0.15) is 23.6 Å². The van der Waals surface area contributed by atoms with Crippen LogP contribution >= 0.6 is 0 Å². The SMILES string of the molecule is COc1cccc(CC(=O)N2CCc3cc(-c4nn(C)c5ncnc(N)c45)ccc32)c1. The Hall–Kier alpha value is -3.94. The molecule has 2 N–H and O–H groups in total. The summed E-state index contributed by atoms with van der Waals surface area (Å²) in [4.78, 5) is 23.3. The first kappa shape index (κ1) is 19.0. The number of hydrogen-bond donors (Lipinski definition) is 1. The van der Waals surface area contributed by atoms with Gasteiger partial charge in [-0.1, -0.05) is 18.2 Å². The van der Waals surface area contributed by atoms with Crippen LogP contribution in [0.4, 0.5) is 11.5 Å². The molecule has 2 aromatic heterocycles. The Morgan fingerprint density at radius 2 is 2.06 bits per heavy atom. The second-order valence-corrected chi connectivity index (χ2v) is 7.60. The van der Waals surface area contributed by atoms with Gasteiger partial charge in [-0.3, -0.25) is 4.79 Å². The highest BCUT2D eigenvalue weighted by Crippen LogP contribution is 2.35. The molecule has 31 heavy (non-hydrogen) atoms. The fraction of sp³-hybridized carbons (Fsp3) is 0.217. The number of aromatic nitrogens is 4. The maximum absolute atomic E-state index is 13.0.